The monoisotopic (exact) mass is 476 g/mol. The molecule has 6 N–H and O–H groups in total. The van der Waals surface area contributed by atoms with Crippen molar-refractivity contribution in [3.63, 3.8) is 0 Å². The first kappa shape index (κ1) is 20.7. The Balaban J connectivity index is 1.92. The maximum Gasteiger partial charge on any atom is 0.435 e. The van der Waals surface area contributed by atoms with Crippen LogP contribution in [0, 0.1) is 11.3 Å². The lowest BCUT2D eigenvalue weighted by molar-refractivity contribution is -0.730. The number of halogens is 2. The Kier molecular flexibility index (Phi) is 5.06. The van der Waals surface area contributed by atoms with Gasteiger partial charge in [0.25, 0.3) is 5.91 Å². The fraction of sp³-hybridized carbons (Fsp3) is 0.0556. The quantitative estimate of drug-likeness (QED) is 0.329. The number of nitrogen functional groups attached to an aromatic ring is 2. The van der Waals surface area contributed by atoms with Gasteiger partial charge in [-0.1, -0.05) is 27.9 Å². The van der Waals surface area contributed by atoms with Gasteiger partial charge in [0.1, 0.15) is 27.2 Å². The maximum absolute atomic E-state index is 12.9. The van der Waals surface area contributed by atoms with Crippen molar-refractivity contribution in [2.75, 3.05) is 16.8 Å². The Hall–Kier alpha value is -3.59. The number of fused-ring (bicyclic) bond motifs is 1. The van der Waals surface area contributed by atoms with Gasteiger partial charge in [-0.15, -0.1) is 11.3 Å². The van der Waals surface area contributed by atoms with E-state index < -0.39 is 11.5 Å². The summed E-state index contributed by atoms with van der Waals surface area (Å²) in [5.74, 6) is -0.643. The smallest absolute Gasteiger partial charge is 0.397 e. The maximum atomic E-state index is 12.9. The molecular weight excluding hydrogens is 465 g/mol. The third kappa shape index (κ3) is 3.36. The van der Waals surface area contributed by atoms with E-state index in [1.54, 1.807) is 12.1 Å². The van der Waals surface area contributed by atoms with Crippen molar-refractivity contribution in [3.8, 4) is 17.3 Å². The zero-order valence-corrected chi connectivity index (χ0v) is 17.9. The molecule has 4 aromatic rings. The molecule has 0 aliphatic rings. The number of aromatic nitrogens is 3. The third-order valence-electron chi connectivity index (χ3n) is 4.44. The summed E-state index contributed by atoms with van der Waals surface area (Å²) < 4.78 is 6.09. The summed E-state index contributed by atoms with van der Waals surface area (Å²) in [6.07, 6.45) is 0. The number of nitriles is 1. The van der Waals surface area contributed by atoms with E-state index in [0.29, 0.717) is 10.7 Å². The number of hydrogen-bond donors (Lipinski definition) is 4. The minimum Gasteiger partial charge on any atom is -0.397 e. The number of nitrogens with one attached hydrogen (secondary N) is 2. The second kappa shape index (κ2) is 7.59. The first-order valence-corrected chi connectivity index (χ1v) is 10.1. The van der Waals surface area contributed by atoms with Crippen LogP contribution in [-0.4, -0.2) is 16.2 Å². The molecule has 1 aromatic carbocycles. The molecule has 4 rings (SSSR count). The highest BCUT2D eigenvalue weighted by atomic mass is 35.5. The van der Waals surface area contributed by atoms with Gasteiger partial charge in [0.15, 0.2) is 7.05 Å². The van der Waals surface area contributed by atoms with Crippen molar-refractivity contribution in [1.29, 1.82) is 5.26 Å². The number of anilines is 3. The predicted octanol–water partition coefficient (Wildman–Crippen LogP) is 2.66. The van der Waals surface area contributed by atoms with Crippen LogP contribution in [0.2, 0.25) is 10.0 Å². The van der Waals surface area contributed by atoms with Gasteiger partial charge in [0.2, 0.25) is 0 Å². The molecule has 10 nitrogen and oxygen atoms in total. The van der Waals surface area contributed by atoms with Crippen LogP contribution in [0.25, 0.3) is 21.5 Å². The van der Waals surface area contributed by atoms with Crippen molar-refractivity contribution in [2.45, 2.75) is 0 Å². The van der Waals surface area contributed by atoms with E-state index in [1.165, 1.54) is 17.8 Å². The lowest BCUT2D eigenvalue weighted by Gasteiger charge is -2.06. The number of aromatic amines is 1. The van der Waals surface area contributed by atoms with E-state index in [0.717, 1.165) is 11.3 Å². The Labute approximate surface area is 187 Å². The van der Waals surface area contributed by atoms with Gasteiger partial charge in [-0.3, -0.25) is 9.32 Å². The summed E-state index contributed by atoms with van der Waals surface area (Å²) in [5.41, 5.74) is 12.0. The summed E-state index contributed by atoms with van der Waals surface area (Å²) in [6, 6.07) is 6.55. The fourth-order valence-corrected chi connectivity index (χ4v) is 4.37. The number of nitrogens with zero attached hydrogens (tertiary/aromatic N) is 3. The zero-order chi connectivity index (χ0) is 22.4. The van der Waals surface area contributed by atoms with Gasteiger partial charge >= 0.3 is 11.3 Å². The van der Waals surface area contributed by atoms with E-state index in [-0.39, 0.29) is 48.4 Å². The number of amides is 1. The van der Waals surface area contributed by atoms with Crippen molar-refractivity contribution < 1.29 is 14.0 Å². The Morgan fingerprint density at radius 2 is 2.10 bits per heavy atom. The number of nitrogens with two attached hydrogens (primary N) is 2. The molecule has 0 saturated carbocycles. The summed E-state index contributed by atoms with van der Waals surface area (Å²) in [5, 5.41) is 15.5. The summed E-state index contributed by atoms with van der Waals surface area (Å²) in [6.45, 7) is 0. The van der Waals surface area contributed by atoms with Crippen LogP contribution in [0.15, 0.2) is 27.5 Å². The van der Waals surface area contributed by atoms with Crippen LogP contribution in [0.3, 0.4) is 0 Å². The second-order valence-electron chi connectivity index (χ2n) is 6.36. The van der Waals surface area contributed by atoms with Crippen molar-refractivity contribution >= 4 is 67.9 Å². The molecule has 1 amide bonds. The summed E-state index contributed by atoms with van der Waals surface area (Å²) in [7, 11) is 1.52. The lowest BCUT2D eigenvalue weighted by atomic mass is 10.0. The van der Waals surface area contributed by atoms with Crippen LogP contribution in [0.1, 0.15) is 15.2 Å². The normalized spacial score (nSPS) is 10.9. The number of aryl methyl sites for hydroxylation is 1. The van der Waals surface area contributed by atoms with E-state index in [4.69, 9.17) is 39.2 Å². The first-order chi connectivity index (χ1) is 14.7. The number of thiophene rings is 1. The largest absolute Gasteiger partial charge is 0.435 e. The van der Waals surface area contributed by atoms with Crippen LogP contribution >= 0.6 is 34.5 Å². The molecule has 3 aromatic heterocycles. The number of benzene rings is 1. The molecule has 0 aliphatic carbocycles. The molecule has 0 aliphatic heterocycles. The predicted molar refractivity (Wildman–Crippen MR) is 117 cm³/mol. The van der Waals surface area contributed by atoms with Crippen LogP contribution < -0.4 is 27.1 Å². The van der Waals surface area contributed by atoms with Gasteiger partial charge in [-0.2, -0.15) is 5.26 Å². The van der Waals surface area contributed by atoms with Crippen LogP contribution in [0.4, 0.5) is 17.2 Å². The van der Waals surface area contributed by atoms with Gasteiger partial charge < -0.3 is 16.8 Å². The van der Waals surface area contributed by atoms with Crippen LogP contribution in [0.5, 0.6) is 0 Å². The molecule has 0 fully saturated rings. The topological polar surface area (TPSA) is 168 Å². The first-order valence-electron chi connectivity index (χ1n) is 8.48. The number of pyridine rings is 1. The van der Waals surface area contributed by atoms with Gasteiger partial charge in [-0.25, -0.2) is 9.78 Å². The Morgan fingerprint density at radius 3 is 2.71 bits per heavy atom. The number of H-pyrrole nitrogens is 1. The van der Waals surface area contributed by atoms with Crippen molar-refractivity contribution in [1.82, 2.24) is 10.3 Å². The van der Waals surface area contributed by atoms with E-state index in [2.05, 4.69) is 15.6 Å². The molecule has 0 radical (unpaired) electrons. The molecule has 31 heavy (non-hydrogen) atoms. The third-order valence-corrected chi connectivity index (χ3v) is 6.28. The lowest BCUT2D eigenvalue weighted by Crippen LogP contribution is -2.34. The average molecular weight is 477 g/mol. The molecule has 0 bridgehead atoms. The molecular formula is C18H12Cl2N7O3S+. The second-order valence-corrected chi connectivity index (χ2v) is 8.17. The summed E-state index contributed by atoms with van der Waals surface area (Å²) in [4.78, 5) is 29.8. The van der Waals surface area contributed by atoms with Crippen LogP contribution in [-0.2, 0) is 7.05 Å². The minimum atomic E-state index is -0.738. The van der Waals surface area contributed by atoms with Crippen molar-refractivity contribution in [2.24, 2.45) is 7.05 Å². The minimum absolute atomic E-state index is 0.0107. The number of rotatable bonds is 3. The van der Waals surface area contributed by atoms with Gasteiger partial charge in [-0.05, 0) is 23.5 Å². The average Bonchev–Trinajstić information content (AvgIpc) is 3.22. The number of carbonyl (C=O) groups excluding carboxylic acids is 1. The molecule has 0 spiro atoms. The van der Waals surface area contributed by atoms with E-state index >= 15 is 0 Å². The molecule has 0 atom stereocenters. The van der Waals surface area contributed by atoms with E-state index in [1.807, 2.05) is 6.07 Å². The standard InChI is InChI=1S/C18H11Cl2N7O3S/c1-27-13(18(29)30-26-27)10-7(5-21)15(23)25-17-11(10)12(22)14(31-17)16(28)24-6-2-3-8(19)9(20)4-6/h2-4H,1H3,(H5-,22,23,24,25,26,28,29)/p+1. The summed E-state index contributed by atoms with van der Waals surface area (Å²) >= 11 is 12.9. The van der Waals surface area contributed by atoms with Gasteiger partial charge in [0.05, 0.1) is 26.7 Å². The molecule has 0 unspecified atom stereocenters. The SMILES string of the molecule is C[n+]1[nH]oc(=O)c1-c1c(C#N)c(N)nc2sc(C(=O)Nc3ccc(Cl)c(Cl)c3)c(N)c12. The Morgan fingerprint density at radius 1 is 1.35 bits per heavy atom. The highest BCUT2D eigenvalue weighted by Crippen LogP contribution is 2.41. The molecule has 3 heterocycles. The number of carbonyl (C=O) groups is 1. The highest BCUT2D eigenvalue weighted by molar-refractivity contribution is 7.21. The molecule has 13 heteroatoms. The molecule has 156 valence electrons. The number of hydrogen-bond acceptors (Lipinski definition) is 8. The van der Waals surface area contributed by atoms with Gasteiger partial charge in [0, 0.05) is 5.69 Å². The van der Waals surface area contributed by atoms with E-state index in [9.17, 15) is 14.9 Å². The fourth-order valence-electron chi connectivity index (χ4n) is 3.06. The zero-order valence-electron chi connectivity index (χ0n) is 15.6. The van der Waals surface area contributed by atoms with Crippen molar-refractivity contribution in [3.05, 3.63) is 49.1 Å². The highest BCUT2D eigenvalue weighted by Gasteiger charge is 2.32. The molecule has 0 saturated heterocycles. The Bertz CT molecular complexity index is 1480.